The molecule has 3 aromatic rings. The molecule has 0 unspecified atom stereocenters. The Kier molecular flexibility index (Phi) is 4.89. The molecular formula is C25H28N4O2. The van der Waals surface area contributed by atoms with Gasteiger partial charge in [-0.2, -0.15) is 0 Å². The van der Waals surface area contributed by atoms with Gasteiger partial charge in [-0.05, 0) is 62.1 Å². The second-order valence-electron chi connectivity index (χ2n) is 8.72. The van der Waals surface area contributed by atoms with Crippen LogP contribution in [0.3, 0.4) is 0 Å². The van der Waals surface area contributed by atoms with Crippen molar-refractivity contribution in [3.63, 3.8) is 0 Å². The monoisotopic (exact) mass is 416 g/mol. The standard InChI is InChI=1S/C25H28N4O2/c1-15-16(2)24(31-4)10-9-20(15)17(3)28-13-19-11-18(28)14-29(19)25(30)23-12-26-21-7-5-6-8-22(21)27-23/h5-10,12,17-19H,11,13-14H2,1-4H3/t17-,18+,19+/m0/s1. The lowest BCUT2D eigenvalue weighted by Gasteiger charge is -2.38. The van der Waals surface area contributed by atoms with Gasteiger partial charge in [-0.1, -0.05) is 18.2 Å². The number of benzene rings is 2. The molecule has 160 valence electrons. The van der Waals surface area contributed by atoms with Crippen LogP contribution in [0.15, 0.2) is 42.6 Å². The van der Waals surface area contributed by atoms with Crippen molar-refractivity contribution in [1.82, 2.24) is 19.8 Å². The summed E-state index contributed by atoms with van der Waals surface area (Å²) < 4.78 is 5.48. The highest BCUT2D eigenvalue weighted by molar-refractivity contribution is 5.94. The van der Waals surface area contributed by atoms with Crippen molar-refractivity contribution in [2.24, 2.45) is 0 Å². The highest BCUT2D eigenvalue weighted by Crippen LogP contribution is 2.39. The van der Waals surface area contributed by atoms with E-state index in [0.29, 0.717) is 17.8 Å². The lowest BCUT2D eigenvalue weighted by molar-refractivity contribution is 0.0563. The second kappa shape index (κ2) is 7.61. The summed E-state index contributed by atoms with van der Waals surface area (Å²) in [4.78, 5) is 26.7. The zero-order chi connectivity index (χ0) is 21.7. The van der Waals surface area contributed by atoms with Crippen LogP contribution in [-0.4, -0.2) is 58.0 Å². The molecule has 0 N–H and O–H groups in total. The van der Waals surface area contributed by atoms with Gasteiger partial charge >= 0.3 is 0 Å². The van der Waals surface area contributed by atoms with Crippen molar-refractivity contribution < 1.29 is 9.53 Å². The summed E-state index contributed by atoms with van der Waals surface area (Å²) in [5, 5.41) is 0. The van der Waals surface area contributed by atoms with E-state index >= 15 is 0 Å². The van der Waals surface area contributed by atoms with E-state index in [1.54, 1.807) is 13.3 Å². The van der Waals surface area contributed by atoms with Crippen LogP contribution in [0.25, 0.3) is 11.0 Å². The molecule has 6 heteroatoms. The van der Waals surface area contributed by atoms with Gasteiger partial charge in [0.05, 0.1) is 24.3 Å². The SMILES string of the molecule is COc1ccc([C@H](C)N2C[C@H]3C[C@@H]2CN3C(=O)c2cnc3ccccc3n2)c(C)c1C. The van der Waals surface area contributed by atoms with E-state index in [0.717, 1.165) is 36.3 Å². The molecule has 2 aliphatic heterocycles. The first-order valence-electron chi connectivity index (χ1n) is 10.9. The van der Waals surface area contributed by atoms with Crippen LogP contribution in [0.5, 0.6) is 5.75 Å². The minimum Gasteiger partial charge on any atom is -0.496 e. The lowest BCUT2D eigenvalue weighted by Crippen LogP contribution is -2.49. The number of nitrogens with zero attached hydrogens (tertiary/aromatic N) is 4. The predicted molar refractivity (Wildman–Crippen MR) is 120 cm³/mol. The van der Waals surface area contributed by atoms with Crippen molar-refractivity contribution in [3.05, 3.63) is 65.0 Å². The summed E-state index contributed by atoms with van der Waals surface area (Å²) in [6, 6.07) is 12.8. The number of likely N-dealkylation sites (tertiary alicyclic amines) is 2. The van der Waals surface area contributed by atoms with E-state index in [9.17, 15) is 4.79 Å². The van der Waals surface area contributed by atoms with Crippen LogP contribution in [0.4, 0.5) is 0 Å². The first kappa shape index (κ1) is 19.9. The summed E-state index contributed by atoms with van der Waals surface area (Å²) in [5.41, 5.74) is 5.83. The molecule has 0 spiro atoms. The third-order valence-corrected chi connectivity index (χ3v) is 7.16. The Morgan fingerprint density at radius 2 is 1.84 bits per heavy atom. The summed E-state index contributed by atoms with van der Waals surface area (Å²) in [7, 11) is 1.72. The number of hydrogen-bond donors (Lipinski definition) is 0. The molecule has 3 atom stereocenters. The average Bonchev–Trinajstić information content (AvgIpc) is 3.41. The van der Waals surface area contributed by atoms with Crippen molar-refractivity contribution in [2.45, 2.75) is 45.3 Å². The van der Waals surface area contributed by atoms with Gasteiger partial charge in [-0.15, -0.1) is 0 Å². The summed E-state index contributed by atoms with van der Waals surface area (Å²) in [6.45, 7) is 8.20. The van der Waals surface area contributed by atoms with E-state index < -0.39 is 0 Å². The molecular weight excluding hydrogens is 388 g/mol. The van der Waals surface area contributed by atoms with E-state index in [1.807, 2.05) is 29.2 Å². The van der Waals surface area contributed by atoms with E-state index in [-0.39, 0.29) is 11.9 Å². The van der Waals surface area contributed by atoms with Crippen molar-refractivity contribution >= 4 is 16.9 Å². The number of carbonyl (C=O) groups excluding carboxylic acids is 1. The summed E-state index contributed by atoms with van der Waals surface area (Å²) >= 11 is 0. The van der Waals surface area contributed by atoms with Gasteiger partial charge in [0.2, 0.25) is 0 Å². The highest BCUT2D eigenvalue weighted by atomic mass is 16.5. The van der Waals surface area contributed by atoms with Gasteiger partial charge in [0.15, 0.2) is 0 Å². The molecule has 0 saturated carbocycles. The van der Waals surface area contributed by atoms with E-state index in [1.165, 1.54) is 16.7 Å². The smallest absolute Gasteiger partial charge is 0.274 e. The summed E-state index contributed by atoms with van der Waals surface area (Å²) in [6.07, 6.45) is 2.63. The minimum absolute atomic E-state index is 0.00507. The van der Waals surface area contributed by atoms with Crippen molar-refractivity contribution in [3.8, 4) is 5.75 Å². The molecule has 0 aliphatic carbocycles. The number of para-hydroxylation sites is 2. The van der Waals surface area contributed by atoms with Gasteiger partial charge in [-0.3, -0.25) is 14.7 Å². The van der Waals surface area contributed by atoms with Gasteiger partial charge in [0.1, 0.15) is 11.4 Å². The molecule has 2 bridgehead atoms. The number of piperazine rings is 1. The third kappa shape index (κ3) is 3.26. The Morgan fingerprint density at radius 3 is 2.55 bits per heavy atom. The first-order valence-corrected chi connectivity index (χ1v) is 10.9. The molecule has 31 heavy (non-hydrogen) atoms. The maximum atomic E-state index is 13.2. The van der Waals surface area contributed by atoms with Crippen molar-refractivity contribution in [1.29, 1.82) is 0 Å². The minimum atomic E-state index is -0.00507. The molecule has 5 rings (SSSR count). The number of fused-ring (bicyclic) bond motifs is 3. The topological polar surface area (TPSA) is 58.6 Å². The van der Waals surface area contributed by atoms with Crippen molar-refractivity contribution in [2.75, 3.05) is 20.2 Å². The Bertz CT molecular complexity index is 1160. The molecule has 6 nitrogen and oxygen atoms in total. The van der Waals surface area contributed by atoms with Crippen LogP contribution < -0.4 is 4.74 Å². The number of aromatic nitrogens is 2. The zero-order valence-corrected chi connectivity index (χ0v) is 18.5. The molecule has 2 saturated heterocycles. The molecule has 2 aliphatic rings. The number of rotatable bonds is 4. The fraction of sp³-hybridized carbons (Fsp3) is 0.400. The molecule has 0 radical (unpaired) electrons. The zero-order valence-electron chi connectivity index (χ0n) is 18.5. The normalized spacial score (nSPS) is 21.6. The van der Waals surface area contributed by atoms with Gasteiger partial charge in [-0.25, -0.2) is 4.98 Å². The largest absolute Gasteiger partial charge is 0.496 e. The number of ether oxygens (including phenoxy) is 1. The van der Waals surface area contributed by atoms with Crippen LogP contribution in [0.1, 0.15) is 46.6 Å². The van der Waals surface area contributed by atoms with E-state index in [4.69, 9.17) is 4.74 Å². The number of amides is 1. The maximum absolute atomic E-state index is 13.2. The Hall–Kier alpha value is -2.99. The van der Waals surface area contributed by atoms with Crippen LogP contribution >= 0.6 is 0 Å². The Morgan fingerprint density at radius 1 is 1.06 bits per heavy atom. The average molecular weight is 417 g/mol. The fourth-order valence-electron chi connectivity index (χ4n) is 5.30. The lowest BCUT2D eigenvalue weighted by atomic mass is 9.96. The molecule has 2 fully saturated rings. The molecule has 1 aromatic heterocycles. The predicted octanol–water partition coefficient (Wildman–Crippen LogP) is 3.92. The van der Waals surface area contributed by atoms with Crippen LogP contribution in [-0.2, 0) is 0 Å². The number of carbonyl (C=O) groups is 1. The number of hydrogen-bond acceptors (Lipinski definition) is 5. The quantitative estimate of drug-likeness (QED) is 0.645. The molecule has 2 aromatic carbocycles. The number of methoxy groups -OCH3 is 1. The summed E-state index contributed by atoms with van der Waals surface area (Å²) in [5.74, 6) is 0.930. The molecule has 1 amide bonds. The van der Waals surface area contributed by atoms with Gasteiger partial charge in [0.25, 0.3) is 5.91 Å². The van der Waals surface area contributed by atoms with Crippen LogP contribution in [0, 0.1) is 13.8 Å². The van der Waals surface area contributed by atoms with E-state index in [2.05, 4.69) is 47.8 Å². The Balaban J connectivity index is 1.33. The highest BCUT2D eigenvalue weighted by Gasteiger charge is 2.47. The maximum Gasteiger partial charge on any atom is 0.274 e. The molecule has 3 heterocycles. The van der Waals surface area contributed by atoms with Crippen LogP contribution in [0.2, 0.25) is 0 Å². The third-order valence-electron chi connectivity index (χ3n) is 7.16. The van der Waals surface area contributed by atoms with Gasteiger partial charge < -0.3 is 9.64 Å². The van der Waals surface area contributed by atoms with Gasteiger partial charge in [0, 0.05) is 31.2 Å². The Labute approximate surface area is 182 Å². The first-order chi connectivity index (χ1) is 15.0. The second-order valence-corrected chi connectivity index (χ2v) is 8.72. The fourth-order valence-corrected chi connectivity index (χ4v) is 5.30.